The molecule has 2 aliphatic rings. The maximum absolute atomic E-state index is 12.6. The number of carbonyl (C=O) groups is 1. The Balaban J connectivity index is 2.22. The van der Waals surface area contributed by atoms with Crippen LogP contribution < -0.4 is 0 Å². The van der Waals surface area contributed by atoms with E-state index < -0.39 is 28.1 Å². The standard InChI is InChI=1S/C12H22N2O4S/c1-9-5-3-7-13(9)19(17,18)14-8-4-6-11(10(14)2)12(15)16/h9-11H,3-8H2,1-2H3,(H,15,16)/t9?,10-,11-/m0/s1. The normalized spacial score (nSPS) is 34.5. The van der Waals surface area contributed by atoms with Crippen LogP contribution in [0, 0.1) is 5.92 Å². The molecule has 19 heavy (non-hydrogen) atoms. The van der Waals surface area contributed by atoms with Crippen molar-refractivity contribution in [2.24, 2.45) is 5.92 Å². The zero-order valence-electron chi connectivity index (χ0n) is 11.4. The fourth-order valence-electron chi connectivity index (χ4n) is 3.15. The number of aliphatic carboxylic acids is 1. The van der Waals surface area contributed by atoms with E-state index >= 15 is 0 Å². The quantitative estimate of drug-likeness (QED) is 0.837. The van der Waals surface area contributed by atoms with Crippen molar-refractivity contribution in [2.75, 3.05) is 13.1 Å². The monoisotopic (exact) mass is 290 g/mol. The Hall–Kier alpha value is -0.660. The molecule has 3 atom stereocenters. The van der Waals surface area contributed by atoms with Crippen molar-refractivity contribution in [1.82, 2.24) is 8.61 Å². The fraction of sp³-hybridized carbons (Fsp3) is 0.917. The van der Waals surface area contributed by atoms with Gasteiger partial charge < -0.3 is 5.11 Å². The largest absolute Gasteiger partial charge is 0.481 e. The highest BCUT2D eigenvalue weighted by molar-refractivity contribution is 7.86. The van der Waals surface area contributed by atoms with Gasteiger partial charge in [-0.25, -0.2) is 0 Å². The number of piperidine rings is 1. The molecule has 0 spiro atoms. The van der Waals surface area contributed by atoms with Gasteiger partial charge in [0.25, 0.3) is 10.2 Å². The topological polar surface area (TPSA) is 77.9 Å². The Bertz CT molecular complexity index is 451. The molecule has 110 valence electrons. The Morgan fingerprint density at radius 3 is 2.21 bits per heavy atom. The van der Waals surface area contributed by atoms with E-state index in [2.05, 4.69) is 0 Å². The molecule has 0 aromatic heterocycles. The van der Waals surface area contributed by atoms with Crippen LogP contribution in [-0.4, -0.2) is 53.3 Å². The molecule has 7 heteroatoms. The highest BCUT2D eigenvalue weighted by Gasteiger charge is 2.43. The first-order valence-corrected chi connectivity index (χ1v) is 8.27. The van der Waals surface area contributed by atoms with E-state index in [1.165, 1.54) is 8.61 Å². The maximum Gasteiger partial charge on any atom is 0.308 e. The van der Waals surface area contributed by atoms with Crippen LogP contribution in [0.4, 0.5) is 0 Å². The third-order valence-electron chi connectivity index (χ3n) is 4.33. The lowest BCUT2D eigenvalue weighted by molar-refractivity contribution is -0.144. The van der Waals surface area contributed by atoms with Crippen molar-refractivity contribution in [2.45, 2.75) is 51.6 Å². The fourth-order valence-corrected chi connectivity index (χ4v) is 5.27. The minimum absolute atomic E-state index is 0.0161. The predicted molar refractivity (Wildman–Crippen MR) is 70.8 cm³/mol. The van der Waals surface area contributed by atoms with Gasteiger partial charge in [0.1, 0.15) is 0 Å². The van der Waals surface area contributed by atoms with Gasteiger partial charge in [0.05, 0.1) is 5.92 Å². The molecule has 0 saturated carbocycles. The van der Waals surface area contributed by atoms with E-state index in [1.54, 1.807) is 6.92 Å². The van der Waals surface area contributed by atoms with Crippen LogP contribution in [0.25, 0.3) is 0 Å². The van der Waals surface area contributed by atoms with Crippen LogP contribution in [0.15, 0.2) is 0 Å². The average Bonchev–Trinajstić information content (AvgIpc) is 2.75. The summed E-state index contributed by atoms with van der Waals surface area (Å²) in [7, 11) is -3.52. The third-order valence-corrected chi connectivity index (χ3v) is 6.58. The van der Waals surface area contributed by atoms with Gasteiger partial charge in [-0.2, -0.15) is 17.0 Å². The van der Waals surface area contributed by atoms with Crippen LogP contribution in [0.2, 0.25) is 0 Å². The summed E-state index contributed by atoms with van der Waals surface area (Å²) in [6.07, 6.45) is 2.93. The van der Waals surface area contributed by atoms with Gasteiger partial charge in [0.15, 0.2) is 0 Å². The first kappa shape index (κ1) is 14.7. The molecule has 0 radical (unpaired) electrons. The summed E-state index contributed by atoms with van der Waals surface area (Å²) in [4.78, 5) is 11.2. The molecule has 0 amide bonds. The second-order valence-electron chi connectivity index (χ2n) is 5.55. The Kier molecular flexibility index (Phi) is 4.17. The van der Waals surface area contributed by atoms with Crippen molar-refractivity contribution in [1.29, 1.82) is 0 Å². The summed E-state index contributed by atoms with van der Waals surface area (Å²) >= 11 is 0. The molecular weight excluding hydrogens is 268 g/mol. The number of carboxylic acids is 1. The molecule has 1 unspecified atom stereocenters. The lowest BCUT2D eigenvalue weighted by Gasteiger charge is -2.39. The molecule has 2 rings (SSSR count). The summed E-state index contributed by atoms with van der Waals surface area (Å²) in [5.41, 5.74) is 0. The number of carboxylic acid groups (broad SMARTS) is 1. The second-order valence-corrected chi connectivity index (χ2v) is 7.38. The highest BCUT2D eigenvalue weighted by atomic mass is 32.2. The number of hydrogen-bond acceptors (Lipinski definition) is 3. The Morgan fingerprint density at radius 2 is 1.68 bits per heavy atom. The van der Waals surface area contributed by atoms with Gasteiger partial charge in [-0.1, -0.05) is 0 Å². The first-order chi connectivity index (χ1) is 8.85. The van der Waals surface area contributed by atoms with E-state index in [9.17, 15) is 18.3 Å². The van der Waals surface area contributed by atoms with E-state index in [1.807, 2.05) is 6.92 Å². The van der Waals surface area contributed by atoms with Crippen molar-refractivity contribution < 1.29 is 18.3 Å². The van der Waals surface area contributed by atoms with Gasteiger partial charge in [0.2, 0.25) is 0 Å². The summed E-state index contributed by atoms with van der Waals surface area (Å²) < 4.78 is 28.2. The van der Waals surface area contributed by atoms with E-state index in [0.29, 0.717) is 25.9 Å². The lowest BCUT2D eigenvalue weighted by Crippen LogP contribution is -2.54. The number of hydrogen-bond donors (Lipinski definition) is 1. The predicted octanol–water partition coefficient (Wildman–Crippen LogP) is 0.901. The minimum Gasteiger partial charge on any atom is -0.481 e. The van der Waals surface area contributed by atoms with Crippen LogP contribution >= 0.6 is 0 Å². The van der Waals surface area contributed by atoms with Crippen molar-refractivity contribution in [3.63, 3.8) is 0 Å². The maximum atomic E-state index is 12.6. The molecule has 2 heterocycles. The number of nitrogens with zero attached hydrogens (tertiary/aromatic N) is 2. The molecule has 2 saturated heterocycles. The van der Waals surface area contributed by atoms with Crippen LogP contribution in [0.1, 0.15) is 39.5 Å². The zero-order valence-corrected chi connectivity index (χ0v) is 12.3. The molecule has 2 aliphatic heterocycles. The molecule has 0 aromatic carbocycles. The summed E-state index contributed by atoms with van der Waals surface area (Å²) in [6, 6.07) is -0.452. The summed E-state index contributed by atoms with van der Waals surface area (Å²) in [6.45, 7) is 4.59. The van der Waals surface area contributed by atoms with E-state index in [4.69, 9.17) is 0 Å². The highest BCUT2D eigenvalue weighted by Crippen LogP contribution is 2.30. The smallest absolute Gasteiger partial charge is 0.308 e. The molecule has 2 fully saturated rings. The lowest BCUT2D eigenvalue weighted by atomic mass is 9.92. The van der Waals surface area contributed by atoms with E-state index in [-0.39, 0.29) is 6.04 Å². The van der Waals surface area contributed by atoms with Crippen molar-refractivity contribution >= 4 is 16.2 Å². The molecule has 0 aliphatic carbocycles. The summed E-state index contributed by atoms with van der Waals surface area (Å²) in [5.74, 6) is -1.50. The zero-order chi connectivity index (χ0) is 14.2. The average molecular weight is 290 g/mol. The number of rotatable bonds is 3. The van der Waals surface area contributed by atoms with Crippen molar-refractivity contribution in [3.8, 4) is 0 Å². The Labute approximate surface area is 114 Å². The van der Waals surface area contributed by atoms with Gasteiger partial charge >= 0.3 is 5.97 Å². The van der Waals surface area contributed by atoms with Crippen LogP contribution in [0.5, 0.6) is 0 Å². The van der Waals surface area contributed by atoms with Gasteiger partial charge in [-0.15, -0.1) is 0 Å². The SMILES string of the molecule is CC1CCCN1S(=O)(=O)N1CCC[C@H](C(=O)O)[C@@H]1C. The van der Waals surface area contributed by atoms with Gasteiger partial charge in [-0.3, -0.25) is 4.79 Å². The second kappa shape index (κ2) is 5.38. The molecule has 0 aromatic rings. The van der Waals surface area contributed by atoms with Crippen LogP contribution in [-0.2, 0) is 15.0 Å². The molecule has 6 nitrogen and oxygen atoms in total. The van der Waals surface area contributed by atoms with E-state index in [0.717, 1.165) is 12.8 Å². The third kappa shape index (κ3) is 2.64. The summed E-state index contributed by atoms with van der Waals surface area (Å²) in [5, 5.41) is 9.17. The molecular formula is C12H22N2O4S. The Morgan fingerprint density at radius 1 is 1.11 bits per heavy atom. The van der Waals surface area contributed by atoms with Gasteiger partial charge in [0, 0.05) is 25.2 Å². The van der Waals surface area contributed by atoms with Crippen LogP contribution in [0.3, 0.4) is 0 Å². The van der Waals surface area contributed by atoms with Gasteiger partial charge in [-0.05, 0) is 39.5 Å². The molecule has 1 N–H and O–H groups in total. The first-order valence-electron chi connectivity index (χ1n) is 6.87. The van der Waals surface area contributed by atoms with Crippen molar-refractivity contribution in [3.05, 3.63) is 0 Å². The molecule has 0 bridgehead atoms. The minimum atomic E-state index is -3.52.